The number of aromatic amines is 1. The lowest BCUT2D eigenvalue weighted by atomic mass is 10.5. The molecule has 1 heterocycles. The van der Waals surface area contributed by atoms with Gasteiger partial charge in [-0.1, -0.05) is 11.6 Å². The lowest BCUT2D eigenvalue weighted by Gasteiger charge is -1.77. The number of hydrogen-bond donors (Lipinski definition) is 1. The van der Waals surface area contributed by atoms with Crippen LogP contribution in [0.15, 0.2) is 18.3 Å². The fourth-order valence-corrected chi connectivity index (χ4v) is 0.556. The highest BCUT2D eigenvalue weighted by Gasteiger charge is 1.94. The molecule has 0 aromatic carbocycles. The van der Waals surface area contributed by atoms with Crippen LogP contribution in [0.2, 0.25) is 5.02 Å². The van der Waals surface area contributed by atoms with Crippen molar-refractivity contribution in [2.24, 2.45) is 0 Å². The van der Waals surface area contributed by atoms with Gasteiger partial charge in [0.15, 0.2) is 6.20 Å². The van der Waals surface area contributed by atoms with Gasteiger partial charge in [0.05, 0.1) is 6.07 Å². The van der Waals surface area contributed by atoms with E-state index in [4.69, 9.17) is 11.6 Å². The highest BCUT2D eigenvalue weighted by molar-refractivity contribution is 6.30. The lowest BCUT2D eigenvalue weighted by molar-refractivity contribution is -0.477. The summed E-state index contributed by atoms with van der Waals surface area (Å²) in [6.45, 7) is 0. The summed E-state index contributed by atoms with van der Waals surface area (Å²) in [5.41, 5.74) is 3.65. The second-order valence-electron chi connectivity index (χ2n) is 1.53. The molecule has 2 nitrogen and oxygen atoms in total. The van der Waals surface area contributed by atoms with Crippen molar-refractivity contribution in [2.75, 3.05) is 0 Å². The third-order valence-corrected chi connectivity index (χ3v) is 1.07. The van der Waals surface area contributed by atoms with E-state index in [0.29, 0.717) is 5.02 Å². The molecular formula is C5H7ClN2+2. The van der Waals surface area contributed by atoms with E-state index < -0.39 is 0 Å². The zero-order valence-electron chi connectivity index (χ0n) is 4.32. The molecule has 1 aromatic heterocycles. The SMILES string of the molecule is [NH3+]c1ccc(Cl)c[nH+]1. The van der Waals surface area contributed by atoms with E-state index in [9.17, 15) is 0 Å². The summed E-state index contributed by atoms with van der Waals surface area (Å²) in [5.74, 6) is 0.870. The van der Waals surface area contributed by atoms with Gasteiger partial charge in [-0.05, 0) is 6.07 Å². The minimum absolute atomic E-state index is 0.706. The number of hydrogen-bond acceptors (Lipinski definition) is 0. The average Bonchev–Trinajstić information content (AvgIpc) is 1.77. The van der Waals surface area contributed by atoms with Gasteiger partial charge in [-0.2, -0.15) is 4.98 Å². The van der Waals surface area contributed by atoms with Crippen LogP contribution in [0.4, 0.5) is 5.82 Å². The molecule has 0 aliphatic heterocycles. The molecule has 4 N–H and O–H groups in total. The zero-order valence-corrected chi connectivity index (χ0v) is 5.07. The topological polar surface area (TPSA) is 41.8 Å². The maximum Gasteiger partial charge on any atom is 0.362 e. The number of H-pyrrole nitrogens is 1. The van der Waals surface area contributed by atoms with E-state index in [1.807, 2.05) is 6.07 Å². The molecule has 0 atom stereocenters. The molecule has 0 aliphatic rings. The first-order valence-corrected chi connectivity index (χ1v) is 2.66. The first-order valence-electron chi connectivity index (χ1n) is 2.28. The van der Waals surface area contributed by atoms with Crippen LogP contribution in [-0.4, -0.2) is 0 Å². The Balaban J connectivity index is 3.03. The summed E-state index contributed by atoms with van der Waals surface area (Å²) in [6, 6.07) is 3.61. The summed E-state index contributed by atoms with van der Waals surface area (Å²) in [5, 5.41) is 0.706. The minimum Gasteiger partial charge on any atom is -0.269 e. The smallest absolute Gasteiger partial charge is 0.269 e. The van der Waals surface area contributed by atoms with Crippen molar-refractivity contribution in [3.8, 4) is 0 Å². The Labute approximate surface area is 52.3 Å². The van der Waals surface area contributed by atoms with Gasteiger partial charge in [-0.25, -0.2) is 0 Å². The molecular weight excluding hydrogens is 124 g/mol. The Hall–Kier alpha value is -0.600. The van der Waals surface area contributed by atoms with Crippen LogP contribution in [0.1, 0.15) is 0 Å². The molecule has 1 aromatic rings. The van der Waals surface area contributed by atoms with Gasteiger partial charge in [-0.3, -0.25) is 5.73 Å². The molecule has 0 saturated carbocycles. The van der Waals surface area contributed by atoms with Crippen molar-refractivity contribution >= 4 is 17.4 Å². The van der Waals surface area contributed by atoms with Crippen LogP contribution in [0.3, 0.4) is 0 Å². The molecule has 1 rings (SSSR count). The number of nitrogens with one attached hydrogen (secondary N) is 1. The van der Waals surface area contributed by atoms with Crippen LogP contribution < -0.4 is 10.7 Å². The van der Waals surface area contributed by atoms with E-state index in [0.717, 1.165) is 5.82 Å². The largest absolute Gasteiger partial charge is 0.362 e. The Morgan fingerprint density at radius 1 is 1.50 bits per heavy atom. The normalized spacial score (nSPS) is 9.25. The number of rotatable bonds is 0. The van der Waals surface area contributed by atoms with Crippen LogP contribution in [0, 0.1) is 0 Å². The molecule has 0 bridgehead atoms. The molecule has 0 spiro atoms. The van der Waals surface area contributed by atoms with Crippen molar-refractivity contribution in [2.45, 2.75) is 0 Å². The van der Waals surface area contributed by atoms with Crippen LogP contribution >= 0.6 is 11.6 Å². The molecule has 0 amide bonds. The first kappa shape index (κ1) is 5.54. The predicted molar refractivity (Wildman–Crippen MR) is 30.6 cm³/mol. The summed E-state index contributed by atoms with van der Waals surface area (Å²) < 4.78 is 0. The molecule has 42 valence electrons. The number of quaternary nitrogens is 1. The fraction of sp³-hybridized carbons (Fsp3) is 0. The second kappa shape index (κ2) is 2.11. The van der Waals surface area contributed by atoms with Crippen molar-refractivity contribution in [1.29, 1.82) is 0 Å². The van der Waals surface area contributed by atoms with Crippen molar-refractivity contribution < 1.29 is 10.7 Å². The van der Waals surface area contributed by atoms with E-state index in [-0.39, 0.29) is 0 Å². The standard InChI is InChI=1S/C5H5ClN2/c6-4-1-2-5(7)8-3-4/h1-3H,(H2,7,8)/p+2. The average molecular weight is 131 g/mol. The lowest BCUT2D eigenvalue weighted by Crippen LogP contribution is -2.46. The van der Waals surface area contributed by atoms with Crippen LogP contribution in [-0.2, 0) is 0 Å². The monoisotopic (exact) mass is 130 g/mol. The number of pyridine rings is 1. The molecule has 0 radical (unpaired) electrons. The van der Waals surface area contributed by atoms with Crippen molar-refractivity contribution in [3.05, 3.63) is 23.4 Å². The van der Waals surface area contributed by atoms with Crippen molar-refractivity contribution in [1.82, 2.24) is 0 Å². The maximum atomic E-state index is 5.55. The van der Waals surface area contributed by atoms with Gasteiger partial charge in [0.2, 0.25) is 0 Å². The van der Waals surface area contributed by atoms with E-state index in [2.05, 4.69) is 10.7 Å². The van der Waals surface area contributed by atoms with Gasteiger partial charge in [0.1, 0.15) is 5.02 Å². The predicted octanol–water partition coefficient (Wildman–Crippen LogP) is 0.0275. The quantitative estimate of drug-likeness (QED) is 0.515. The summed E-state index contributed by atoms with van der Waals surface area (Å²) in [6.07, 6.45) is 1.70. The zero-order chi connectivity index (χ0) is 5.98. The molecule has 0 saturated heterocycles. The molecule has 0 fully saturated rings. The van der Waals surface area contributed by atoms with Gasteiger partial charge < -0.3 is 0 Å². The highest BCUT2D eigenvalue weighted by atomic mass is 35.5. The minimum atomic E-state index is 0.706. The third-order valence-electron chi connectivity index (χ3n) is 0.839. The van der Waals surface area contributed by atoms with E-state index in [1.54, 1.807) is 12.3 Å². The number of halogens is 1. The van der Waals surface area contributed by atoms with Gasteiger partial charge in [0, 0.05) is 0 Å². The highest BCUT2D eigenvalue weighted by Crippen LogP contribution is 2.01. The van der Waals surface area contributed by atoms with Gasteiger partial charge in [-0.15, -0.1) is 0 Å². The van der Waals surface area contributed by atoms with Gasteiger partial charge in [0.25, 0.3) is 0 Å². The molecule has 0 unspecified atom stereocenters. The Morgan fingerprint density at radius 3 is 2.62 bits per heavy atom. The third kappa shape index (κ3) is 1.18. The van der Waals surface area contributed by atoms with E-state index in [1.165, 1.54) is 0 Å². The van der Waals surface area contributed by atoms with Crippen LogP contribution in [0.25, 0.3) is 0 Å². The Bertz CT molecular complexity index is 149. The summed E-state index contributed by atoms with van der Waals surface area (Å²) in [7, 11) is 0. The molecule has 3 heteroatoms. The Morgan fingerprint density at radius 2 is 2.25 bits per heavy atom. The first-order chi connectivity index (χ1) is 3.79. The summed E-state index contributed by atoms with van der Waals surface area (Å²) in [4.78, 5) is 2.86. The van der Waals surface area contributed by atoms with Gasteiger partial charge >= 0.3 is 5.82 Å². The number of aromatic nitrogens is 1. The summed E-state index contributed by atoms with van der Waals surface area (Å²) >= 11 is 5.55. The Kier molecular flexibility index (Phi) is 1.46. The maximum absolute atomic E-state index is 5.55. The fourth-order valence-electron chi connectivity index (χ4n) is 0.438. The van der Waals surface area contributed by atoms with Crippen molar-refractivity contribution in [3.63, 3.8) is 0 Å². The van der Waals surface area contributed by atoms with Crippen LogP contribution in [0.5, 0.6) is 0 Å². The molecule has 0 aliphatic carbocycles. The molecule has 8 heavy (non-hydrogen) atoms. The second-order valence-corrected chi connectivity index (χ2v) is 1.97. The van der Waals surface area contributed by atoms with E-state index >= 15 is 0 Å².